The molecule has 2 unspecified atom stereocenters. The minimum absolute atomic E-state index is 0.0242. The van der Waals surface area contributed by atoms with Crippen LogP contribution < -0.4 is 16.4 Å². The Balaban J connectivity index is 2.23. The Kier molecular flexibility index (Phi) is 4.36. The SMILES string of the molecule is NCCNC(=O)NC1CCC(C(=O)O)C1. The van der Waals surface area contributed by atoms with Gasteiger partial charge in [-0.2, -0.15) is 0 Å². The molecule has 6 nitrogen and oxygen atoms in total. The van der Waals surface area contributed by atoms with Crippen LogP contribution in [-0.4, -0.2) is 36.2 Å². The van der Waals surface area contributed by atoms with Gasteiger partial charge in [0, 0.05) is 19.1 Å². The van der Waals surface area contributed by atoms with Crippen molar-refractivity contribution in [2.75, 3.05) is 13.1 Å². The van der Waals surface area contributed by atoms with Crippen LogP contribution in [0.4, 0.5) is 4.79 Å². The van der Waals surface area contributed by atoms with Gasteiger partial charge in [-0.1, -0.05) is 0 Å². The molecule has 0 aromatic rings. The van der Waals surface area contributed by atoms with E-state index < -0.39 is 5.97 Å². The van der Waals surface area contributed by atoms with Crippen molar-refractivity contribution in [1.29, 1.82) is 0 Å². The Bertz CT molecular complexity index is 245. The zero-order valence-corrected chi connectivity index (χ0v) is 8.53. The Hall–Kier alpha value is -1.30. The van der Waals surface area contributed by atoms with E-state index in [2.05, 4.69) is 10.6 Å². The summed E-state index contributed by atoms with van der Waals surface area (Å²) in [5.41, 5.74) is 5.23. The lowest BCUT2D eigenvalue weighted by Crippen LogP contribution is -2.42. The zero-order valence-electron chi connectivity index (χ0n) is 8.53. The van der Waals surface area contributed by atoms with Gasteiger partial charge in [0.2, 0.25) is 0 Å². The highest BCUT2D eigenvalue weighted by Crippen LogP contribution is 2.25. The normalized spacial score (nSPS) is 24.9. The van der Waals surface area contributed by atoms with Crippen LogP contribution in [0.3, 0.4) is 0 Å². The Morgan fingerprint density at radius 3 is 2.67 bits per heavy atom. The average molecular weight is 215 g/mol. The van der Waals surface area contributed by atoms with E-state index in [4.69, 9.17) is 10.8 Å². The maximum Gasteiger partial charge on any atom is 0.315 e. The molecule has 1 rings (SSSR count). The summed E-state index contributed by atoms with van der Waals surface area (Å²) >= 11 is 0. The molecule has 5 N–H and O–H groups in total. The van der Waals surface area contributed by atoms with E-state index in [1.165, 1.54) is 0 Å². The Morgan fingerprint density at radius 2 is 2.13 bits per heavy atom. The topological polar surface area (TPSA) is 104 Å². The number of rotatable bonds is 4. The third-order valence-corrected chi connectivity index (χ3v) is 2.55. The van der Waals surface area contributed by atoms with Crippen LogP contribution in [0, 0.1) is 5.92 Å². The first-order valence-corrected chi connectivity index (χ1v) is 5.10. The van der Waals surface area contributed by atoms with Gasteiger partial charge in [0.1, 0.15) is 0 Å². The molecule has 0 spiro atoms. The maximum absolute atomic E-state index is 11.2. The molecule has 86 valence electrons. The van der Waals surface area contributed by atoms with E-state index in [0.29, 0.717) is 25.9 Å². The van der Waals surface area contributed by atoms with Gasteiger partial charge in [-0.05, 0) is 19.3 Å². The van der Waals surface area contributed by atoms with Crippen molar-refractivity contribution in [2.24, 2.45) is 11.7 Å². The number of aliphatic carboxylic acids is 1. The molecule has 1 aliphatic carbocycles. The van der Waals surface area contributed by atoms with Crippen molar-refractivity contribution < 1.29 is 14.7 Å². The first-order valence-electron chi connectivity index (χ1n) is 5.10. The molecule has 0 saturated heterocycles. The number of carbonyl (C=O) groups is 2. The number of amides is 2. The van der Waals surface area contributed by atoms with E-state index in [1.807, 2.05) is 0 Å². The first-order chi connectivity index (χ1) is 7.13. The van der Waals surface area contributed by atoms with Crippen LogP contribution in [0.15, 0.2) is 0 Å². The lowest BCUT2D eigenvalue weighted by molar-refractivity contribution is -0.141. The standard InChI is InChI=1S/C9H17N3O3/c10-3-4-11-9(15)12-7-2-1-6(5-7)8(13)14/h6-7H,1-5,10H2,(H,13,14)(H2,11,12,15). The van der Waals surface area contributed by atoms with Crippen molar-refractivity contribution in [3.05, 3.63) is 0 Å². The zero-order chi connectivity index (χ0) is 11.3. The second kappa shape index (κ2) is 5.55. The lowest BCUT2D eigenvalue weighted by Gasteiger charge is -2.12. The number of hydrogen-bond donors (Lipinski definition) is 4. The monoisotopic (exact) mass is 215 g/mol. The van der Waals surface area contributed by atoms with Crippen LogP contribution in [0.25, 0.3) is 0 Å². The van der Waals surface area contributed by atoms with Crippen LogP contribution >= 0.6 is 0 Å². The summed E-state index contributed by atoms with van der Waals surface area (Å²) in [6.45, 7) is 0.830. The van der Waals surface area contributed by atoms with Crippen LogP contribution in [-0.2, 0) is 4.79 Å². The summed E-state index contributed by atoms with van der Waals surface area (Å²) in [6.07, 6.45) is 1.88. The summed E-state index contributed by atoms with van der Waals surface area (Å²) in [6, 6.07) is -0.291. The molecule has 0 aliphatic heterocycles. The van der Waals surface area contributed by atoms with Crippen molar-refractivity contribution >= 4 is 12.0 Å². The van der Waals surface area contributed by atoms with Crippen molar-refractivity contribution in [3.63, 3.8) is 0 Å². The highest BCUT2D eigenvalue weighted by Gasteiger charge is 2.30. The maximum atomic E-state index is 11.2. The molecular formula is C9H17N3O3. The van der Waals surface area contributed by atoms with Gasteiger partial charge < -0.3 is 21.5 Å². The third-order valence-electron chi connectivity index (χ3n) is 2.55. The van der Waals surface area contributed by atoms with E-state index in [9.17, 15) is 9.59 Å². The fourth-order valence-electron chi connectivity index (χ4n) is 1.76. The predicted molar refractivity (Wildman–Crippen MR) is 54.4 cm³/mol. The molecule has 0 aromatic carbocycles. The van der Waals surface area contributed by atoms with Gasteiger partial charge >= 0.3 is 12.0 Å². The van der Waals surface area contributed by atoms with E-state index in [-0.39, 0.29) is 18.0 Å². The summed E-state index contributed by atoms with van der Waals surface area (Å²) in [4.78, 5) is 21.9. The van der Waals surface area contributed by atoms with Gasteiger partial charge in [-0.3, -0.25) is 4.79 Å². The highest BCUT2D eigenvalue weighted by atomic mass is 16.4. The van der Waals surface area contributed by atoms with Crippen LogP contribution in [0.2, 0.25) is 0 Å². The Labute approximate surface area is 88.2 Å². The number of carboxylic acids is 1. The van der Waals surface area contributed by atoms with Gasteiger partial charge in [0.15, 0.2) is 0 Å². The molecule has 1 aliphatic rings. The molecule has 0 bridgehead atoms. The van der Waals surface area contributed by atoms with Crippen molar-refractivity contribution in [2.45, 2.75) is 25.3 Å². The van der Waals surface area contributed by atoms with Gasteiger partial charge in [0.05, 0.1) is 5.92 Å². The largest absolute Gasteiger partial charge is 0.481 e. The summed E-state index contributed by atoms with van der Waals surface area (Å²) in [7, 11) is 0. The molecule has 6 heteroatoms. The van der Waals surface area contributed by atoms with Gasteiger partial charge in [-0.25, -0.2) is 4.79 Å². The molecule has 2 atom stereocenters. The average Bonchev–Trinajstić information content (AvgIpc) is 2.63. The number of hydrogen-bond acceptors (Lipinski definition) is 3. The van der Waals surface area contributed by atoms with Gasteiger partial charge in [0.25, 0.3) is 0 Å². The van der Waals surface area contributed by atoms with Crippen molar-refractivity contribution in [3.8, 4) is 0 Å². The van der Waals surface area contributed by atoms with E-state index in [1.54, 1.807) is 0 Å². The lowest BCUT2D eigenvalue weighted by atomic mass is 10.1. The molecular weight excluding hydrogens is 198 g/mol. The molecule has 1 saturated carbocycles. The van der Waals surface area contributed by atoms with Crippen molar-refractivity contribution in [1.82, 2.24) is 10.6 Å². The minimum atomic E-state index is -0.776. The smallest absolute Gasteiger partial charge is 0.315 e. The summed E-state index contributed by atoms with van der Waals surface area (Å²) in [5.74, 6) is -1.09. The van der Waals surface area contributed by atoms with E-state index >= 15 is 0 Å². The molecule has 0 heterocycles. The molecule has 1 fully saturated rings. The third kappa shape index (κ3) is 3.75. The predicted octanol–water partition coefficient (Wildman–Crippen LogP) is -0.502. The fraction of sp³-hybridized carbons (Fsp3) is 0.778. The van der Waals surface area contributed by atoms with Crippen LogP contribution in [0.5, 0.6) is 0 Å². The summed E-state index contributed by atoms with van der Waals surface area (Å²) < 4.78 is 0. The molecule has 0 radical (unpaired) electrons. The number of carbonyl (C=O) groups excluding carboxylic acids is 1. The minimum Gasteiger partial charge on any atom is -0.481 e. The summed E-state index contributed by atoms with van der Waals surface area (Å²) in [5, 5.41) is 14.1. The molecule has 2 amide bonds. The second-order valence-corrected chi connectivity index (χ2v) is 3.73. The van der Waals surface area contributed by atoms with Crippen LogP contribution in [0.1, 0.15) is 19.3 Å². The molecule has 15 heavy (non-hydrogen) atoms. The van der Waals surface area contributed by atoms with E-state index in [0.717, 1.165) is 6.42 Å². The Morgan fingerprint density at radius 1 is 1.40 bits per heavy atom. The highest BCUT2D eigenvalue weighted by molar-refractivity contribution is 5.75. The van der Waals surface area contributed by atoms with Gasteiger partial charge in [-0.15, -0.1) is 0 Å². The first kappa shape index (κ1) is 11.8. The molecule has 0 aromatic heterocycles. The number of carboxylic acid groups (broad SMARTS) is 1. The number of urea groups is 1. The fourth-order valence-corrected chi connectivity index (χ4v) is 1.76. The number of nitrogens with two attached hydrogens (primary N) is 1. The quantitative estimate of drug-likeness (QED) is 0.507. The second-order valence-electron chi connectivity index (χ2n) is 3.73. The number of nitrogens with one attached hydrogen (secondary N) is 2.